The second-order valence-electron chi connectivity index (χ2n) is 7.34. The first-order chi connectivity index (χ1) is 14.4. The van der Waals surface area contributed by atoms with Gasteiger partial charge in [-0.2, -0.15) is 0 Å². The van der Waals surface area contributed by atoms with E-state index in [4.69, 9.17) is 16.3 Å². The summed E-state index contributed by atoms with van der Waals surface area (Å²) in [5, 5.41) is 3.33. The minimum atomic E-state index is -2.53. The average Bonchev–Trinajstić information content (AvgIpc) is 3.18. The van der Waals surface area contributed by atoms with Crippen molar-refractivity contribution >= 4 is 23.4 Å². The molecule has 160 valence electrons. The summed E-state index contributed by atoms with van der Waals surface area (Å²) in [6.07, 6.45) is -2.53. The first-order valence-corrected chi connectivity index (χ1v) is 10.1. The Hall–Kier alpha value is -2.52. The number of carbonyl (C=O) groups excluding carboxylic acids is 1. The molecular weight excluding hydrogens is 416 g/mol. The number of fused-ring (bicyclic) bond motifs is 1. The number of nitrogens with zero attached hydrogens (tertiary/aromatic N) is 4. The number of benzene rings is 1. The summed E-state index contributed by atoms with van der Waals surface area (Å²) >= 11 is 6.11. The van der Waals surface area contributed by atoms with Crippen LogP contribution in [-0.4, -0.2) is 52.1 Å². The van der Waals surface area contributed by atoms with Gasteiger partial charge in [0, 0.05) is 30.3 Å². The van der Waals surface area contributed by atoms with Crippen LogP contribution in [0.2, 0.25) is 5.28 Å². The third-order valence-electron chi connectivity index (χ3n) is 5.32. The summed E-state index contributed by atoms with van der Waals surface area (Å²) in [7, 11) is 0. The van der Waals surface area contributed by atoms with Gasteiger partial charge in [0.05, 0.1) is 32.0 Å². The Morgan fingerprint density at radius 2 is 1.90 bits per heavy atom. The third-order valence-corrected chi connectivity index (χ3v) is 5.49. The molecule has 1 aromatic heterocycles. The SMILES string of the molecule is C[C@@H](Nc1nc(Cl)nc2c1CN(C(=O)N1CCOCC1)C2)c1cccc(C(F)F)c1. The molecule has 0 radical (unpaired) electrons. The number of urea groups is 1. The molecule has 4 rings (SSSR count). The predicted molar refractivity (Wildman–Crippen MR) is 108 cm³/mol. The molecular formula is C20H22ClF2N5O2. The lowest BCUT2D eigenvalue weighted by Gasteiger charge is -2.30. The van der Waals surface area contributed by atoms with Gasteiger partial charge in [0.2, 0.25) is 5.28 Å². The zero-order valence-electron chi connectivity index (χ0n) is 16.4. The fourth-order valence-corrected chi connectivity index (χ4v) is 3.87. The largest absolute Gasteiger partial charge is 0.378 e. The second kappa shape index (κ2) is 8.69. The molecule has 30 heavy (non-hydrogen) atoms. The van der Waals surface area contributed by atoms with Gasteiger partial charge in [-0.25, -0.2) is 23.5 Å². The van der Waals surface area contributed by atoms with Crippen LogP contribution < -0.4 is 5.32 Å². The van der Waals surface area contributed by atoms with Gasteiger partial charge in [0.1, 0.15) is 5.82 Å². The zero-order chi connectivity index (χ0) is 21.3. The van der Waals surface area contributed by atoms with E-state index in [-0.39, 0.29) is 22.9 Å². The molecule has 0 bridgehead atoms. The molecule has 0 spiro atoms. The van der Waals surface area contributed by atoms with Crippen molar-refractivity contribution in [3.63, 3.8) is 0 Å². The Balaban J connectivity index is 1.53. The van der Waals surface area contributed by atoms with Crippen molar-refractivity contribution in [1.29, 1.82) is 0 Å². The summed E-state index contributed by atoms with van der Waals surface area (Å²) in [6.45, 7) is 4.73. The molecule has 0 aliphatic carbocycles. The molecule has 3 heterocycles. The van der Waals surface area contributed by atoms with Crippen LogP contribution in [0.15, 0.2) is 24.3 Å². The minimum absolute atomic E-state index is 0.0330. The highest BCUT2D eigenvalue weighted by Crippen LogP contribution is 2.32. The van der Waals surface area contributed by atoms with E-state index in [0.29, 0.717) is 56.5 Å². The van der Waals surface area contributed by atoms with Gasteiger partial charge in [-0.05, 0) is 30.2 Å². The van der Waals surface area contributed by atoms with Crippen LogP contribution in [0.1, 0.15) is 41.8 Å². The van der Waals surface area contributed by atoms with E-state index in [0.717, 1.165) is 5.56 Å². The number of carbonyl (C=O) groups is 1. The predicted octanol–water partition coefficient (Wildman–Crippen LogP) is 4.01. The zero-order valence-corrected chi connectivity index (χ0v) is 17.2. The van der Waals surface area contributed by atoms with Gasteiger partial charge in [-0.3, -0.25) is 0 Å². The van der Waals surface area contributed by atoms with Gasteiger partial charge in [0.25, 0.3) is 6.43 Å². The summed E-state index contributed by atoms with van der Waals surface area (Å²) in [6, 6.07) is 5.89. The normalized spacial score (nSPS) is 17.2. The topological polar surface area (TPSA) is 70.6 Å². The van der Waals surface area contributed by atoms with Crippen LogP contribution in [0, 0.1) is 0 Å². The lowest BCUT2D eigenvalue weighted by molar-refractivity contribution is 0.0429. The lowest BCUT2D eigenvalue weighted by atomic mass is 10.0. The highest BCUT2D eigenvalue weighted by Gasteiger charge is 2.32. The highest BCUT2D eigenvalue weighted by atomic mass is 35.5. The van der Waals surface area contributed by atoms with E-state index in [2.05, 4.69) is 15.3 Å². The van der Waals surface area contributed by atoms with Crippen molar-refractivity contribution in [2.45, 2.75) is 32.5 Å². The number of hydrogen-bond donors (Lipinski definition) is 1. The summed E-state index contributed by atoms with van der Waals surface area (Å²) < 4.78 is 31.4. The maximum absolute atomic E-state index is 13.0. The van der Waals surface area contributed by atoms with E-state index in [1.165, 1.54) is 12.1 Å². The number of anilines is 1. The van der Waals surface area contributed by atoms with Crippen LogP contribution in [0.25, 0.3) is 0 Å². The molecule has 1 fully saturated rings. The van der Waals surface area contributed by atoms with Gasteiger partial charge in [0.15, 0.2) is 0 Å². The molecule has 2 aliphatic rings. The molecule has 2 aliphatic heterocycles. The summed E-state index contributed by atoms with van der Waals surface area (Å²) in [5.41, 5.74) is 2.15. The fourth-order valence-electron chi connectivity index (χ4n) is 3.69. The number of nitrogens with one attached hydrogen (secondary N) is 1. The number of amides is 2. The summed E-state index contributed by atoms with van der Waals surface area (Å²) in [4.78, 5) is 24.9. The molecule has 2 amide bonds. The van der Waals surface area contributed by atoms with Crippen LogP contribution in [0.4, 0.5) is 19.4 Å². The highest BCUT2D eigenvalue weighted by molar-refractivity contribution is 6.28. The average molecular weight is 438 g/mol. The Labute approximate surface area is 178 Å². The van der Waals surface area contributed by atoms with Gasteiger partial charge < -0.3 is 19.9 Å². The standard InChI is InChI=1S/C20H22ClF2N5O2/c1-12(13-3-2-4-14(9-13)17(22)23)24-18-15-10-28(11-16(15)25-19(21)26-18)20(29)27-5-7-30-8-6-27/h2-4,9,12,17H,5-8,10-11H2,1H3,(H,24,25,26)/t12-/m1/s1. The molecule has 1 aromatic carbocycles. The van der Waals surface area contributed by atoms with Crippen LogP contribution >= 0.6 is 11.6 Å². The third kappa shape index (κ3) is 4.32. The lowest BCUT2D eigenvalue weighted by Crippen LogP contribution is -2.46. The maximum Gasteiger partial charge on any atom is 0.320 e. The minimum Gasteiger partial charge on any atom is -0.378 e. The van der Waals surface area contributed by atoms with Crippen LogP contribution in [0.3, 0.4) is 0 Å². The van der Waals surface area contributed by atoms with E-state index in [1.807, 2.05) is 6.92 Å². The van der Waals surface area contributed by atoms with Crippen molar-refractivity contribution in [2.75, 3.05) is 31.6 Å². The van der Waals surface area contributed by atoms with Gasteiger partial charge in [-0.15, -0.1) is 0 Å². The van der Waals surface area contributed by atoms with Crippen molar-refractivity contribution in [2.24, 2.45) is 0 Å². The quantitative estimate of drug-likeness (QED) is 0.732. The van der Waals surface area contributed by atoms with E-state index in [1.54, 1.807) is 21.9 Å². The second-order valence-corrected chi connectivity index (χ2v) is 7.68. The molecule has 7 nitrogen and oxygen atoms in total. The van der Waals surface area contributed by atoms with Crippen molar-refractivity contribution in [3.05, 3.63) is 51.9 Å². The van der Waals surface area contributed by atoms with Crippen molar-refractivity contribution in [1.82, 2.24) is 19.8 Å². The first-order valence-electron chi connectivity index (χ1n) is 9.74. The van der Waals surface area contributed by atoms with Crippen LogP contribution in [-0.2, 0) is 17.8 Å². The Morgan fingerprint density at radius 1 is 1.17 bits per heavy atom. The summed E-state index contributed by atoms with van der Waals surface area (Å²) in [5.74, 6) is 0.511. The molecule has 1 atom stereocenters. The molecule has 1 N–H and O–H groups in total. The monoisotopic (exact) mass is 437 g/mol. The number of ether oxygens (including phenoxy) is 1. The van der Waals surface area contributed by atoms with Crippen LogP contribution in [0.5, 0.6) is 0 Å². The van der Waals surface area contributed by atoms with Crippen molar-refractivity contribution < 1.29 is 18.3 Å². The smallest absolute Gasteiger partial charge is 0.320 e. The molecule has 10 heteroatoms. The number of aromatic nitrogens is 2. The van der Waals surface area contributed by atoms with Crippen molar-refractivity contribution in [3.8, 4) is 0 Å². The van der Waals surface area contributed by atoms with E-state index < -0.39 is 6.43 Å². The van der Waals surface area contributed by atoms with Gasteiger partial charge in [-0.1, -0.05) is 18.2 Å². The number of halogens is 3. The number of rotatable bonds is 4. The first kappa shape index (κ1) is 20.7. The van der Waals surface area contributed by atoms with E-state index in [9.17, 15) is 13.6 Å². The number of alkyl halides is 2. The Bertz CT molecular complexity index is 939. The molecule has 1 saturated heterocycles. The number of morpholine rings is 1. The Kier molecular flexibility index (Phi) is 6.01. The van der Waals surface area contributed by atoms with E-state index >= 15 is 0 Å². The molecule has 0 unspecified atom stereocenters. The Morgan fingerprint density at radius 3 is 2.63 bits per heavy atom. The molecule has 0 saturated carbocycles. The molecule has 2 aromatic rings. The maximum atomic E-state index is 13.0. The van der Waals surface area contributed by atoms with Gasteiger partial charge >= 0.3 is 6.03 Å². The number of hydrogen-bond acceptors (Lipinski definition) is 5. The fraction of sp³-hybridized carbons (Fsp3) is 0.450.